The second kappa shape index (κ2) is 3.89. The Morgan fingerprint density at radius 3 is 2.00 bits per heavy atom. The molecular weight excluding hydrogens is 177 g/mol. The second-order valence-corrected chi connectivity index (χ2v) is 4.34. The fourth-order valence-corrected chi connectivity index (χ4v) is 2.36. The fourth-order valence-electron chi connectivity index (χ4n) is 2.36. The zero-order valence-corrected chi connectivity index (χ0v) is 8.19. The summed E-state index contributed by atoms with van der Waals surface area (Å²) in [5.74, 6) is -1.03. The van der Waals surface area contributed by atoms with Crippen molar-refractivity contribution in [2.75, 3.05) is 0 Å². The molecule has 1 aliphatic rings. The smallest absolute Gasteiger partial charge is 0.171 e. The van der Waals surface area contributed by atoms with Crippen LogP contribution in [-0.4, -0.2) is 6.18 Å². The van der Waals surface area contributed by atoms with Crippen molar-refractivity contribution in [3.8, 4) is 0 Å². The van der Waals surface area contributed by atoms with Crippen molar-refractivity contribution < 1.29 is 13.2 Å². The topological polar surface area (TPSA) is 0 Å². The van der Waals surface area contributed by atoms with Crippen molar-refractivity contribution >= 4 is 0 Å². The molecule has 0 spiro atoms. The number of hydrogen-bond donors (Lipinski definition) is 0. The summed E-state index contributed by atoms with van der Waals surface area (Å²) in [6.45, 7) is 3.80. The van der Waals surface area contributed by atoms with E-state index in [1.54, 1.807) is 0 Å². The van der Waals surface area contributed by atoms with Gasteiger partial charge >= 0.3 is 6.18 Å². The van der Waals surface area contributed by atoms with Crippen molar-refractivity contribution in [3.63, 3.8) is 0 Å². The van der Waals surface area contributed by atoms with Gasteiger partial charge < -0.3 is 0 Å². The first-order valence-electron chi connectivity index (χ1n) is 4.99. The van der Waals surface area contributed by atoms with E-state index >= 15 is 0 Å². The Morgan fingerprint density at radius 1 is 1.08 bits per heavy atom. The molecule has 1 fully saturated rings. The van der Waals surface area contributed by atoms with Gasteiger partial charge in [-0.05, 0) is 24.7 Å². The average Bonchev–Trinajstić information content (AvgIpc) is 2.03. The van der Waals surface area contributed by atoms with E-state index < -0.39 is 12.1 Å². The van der Waals surface area contributed by atoms with Crippen molar-refractivity contribution in [1.29, 1.82) is 0 Å². The van der Waals surface area contributed by atoms with Crippen LogP contribution in [0.25, 0.3) is 0 Å². The molecular formula is C10H17F3. The lowest BCUT2D eigenvalue weighted by atomic mass is 9.73. The first-order chi connectivity index (χ1) is 5.93. The minimum absolute atomic E-state index is 0.145. The average molecular weight is 194 g/mol. The number of halogens is 3. The van der Waals surface area contributed by atoms with Crippen LogP contribution in [0.15, 0.2) is 0 Å². The summed E-state index contributed by atoms with van der Waals surface area (Å²) in [5, 5.41) is 0. The molecule has 0 aromatic rings. The third kappa shape index (κ3) is 2.61. The molecule has 0 N–H and O–H groups in total. The van der Waals surface area contributed by atoms with E-state index in [0.29, 0.717) is 6.42 Å². The molecule has 1 saturated carbocycles. The summed E-state index contributed by atoms with van der Waals surface area (Å²) in [6, 6.07) is 0. The van der Waals surface area contributed by atoms with E-state index in [9.17, 15) is 13.2 Å². The molecule has 0 aromatic carbocycles. The molecule has 0 heterocycles. The van der Waals surface area contributed by atoms with Crippen LogP contribution in [0.3, 0.4) is 0 Å². The molecule has 1 unspecified atom stereocenters. The van der Waals surface area contributed by atoms with Gasteiger partial charge in [0.2, 0.25) is 0 Å². The van der Waals surface area contributed by atoms with Crippen LogP contribution in [0.1, 0.15) is 39.5 Å². The Kier molecular flexibility index (Phi) is 3.25. The molecule has 2 atom stereocenters. The summed E-state index contributed by atoms with van der Waals surface area (Å²) in [4.78, 5) is 0. The molecule has 13 heavy (non-hydrogen) atoms. The summed E-state index contributed by atoms with van der Waals surface area (Å²) < 4.78 is 37.7. The monoisotopic (exact) mass is 194 g/mol. The van der Waals surface area contributed by atoms with Crippen molar-refractivity contribution in [1.82, 2.24) is 0 Å². The van der Waals surface area contributed by atoms with Crippen LogP contribution in [0.5, 0.6) is 0 Å². The summed E-state index contributed by atoms with van der Waals surface area (Å²) in [6.07, 6.45) is -1.17. The van der Waals surface area contributed by atoms with Crippen LogP contribution in [0.4, 0.5) is 13.2 Å². The van der Waals surface area contributed by atoms with E-state index in [-0.39, 0.29) is 11.8 Å². The van der Waals surface area contributed by atoms with E-state index in [1.807, 2.05) is 13.8 Å². The second-order valence-electron chi connectivity index (χ2n) is 4.34. The molecule has 1 aliphatic carbocycles. The predicted octanol–water partition coefficient (Wildman–Crippen LogP) is 4.01. The maximum absolute atomic E-state index is 12.6. The van der Waals surface area contributed by atoms with Crippen LogP contribution in [0, 0.1) is 17.8 Å². The quantitative estimate of drug-likeness (QED) is 0.591. The van der Waals surface area contributed by atoms with Crippen molar-refractivity contribution in [3.05, 3.63) is 0 Å². The van der Waals surface area contributed by atoms with Gasteiger partial charge in [-0.15, -0.1) is 0 Å². The van der Waals surface area contributed by atoms with Gasteiger partial charge in [0.05, 0.1) is 5.92 Å². The highest BCUT2D eigenvalue weighted by atomic mass is 19.4. The Morgan fingerprint density at radius 2 is 1.62 bits per heavy atom. The molecule has 0 radical (unpaired) electrons. The molecule has 0 nitrogen and oxygen atoms in total. The Hall–Kier alpha value is -0.210. The van der Waals surface area contributed by atoms with Gasteiger partial charge in [0.1, 0.15) is 0 Å². The van der Waals surface area contributed by atoms with Crippen LogP contribution < -0.4 is 0 Å². The largest absolute Gasteiger partial charge is 0.392 e. The van der Waals surface area contributed by atoms with Gasteiger partial charge in [-0.25, -0.2) is 0 Å². The SMILES string of the molecule is CC(C)C1CCCC[C@H]1C(F)(F)F. The Bertz CT molecular complexity index is 160. The minimum atomic E-state index is -3.98. The number of rotatable bonds is 1. The first-order valence-corrected chi connectivity index (χ1v) is 4.99. The molecule has 0 aromatic heterocycles. The van der Waals surface area contributed by atoms with Gasteiger partial charge in [-0.2, -0.15) is 13.2 Å². The van der Waals surface area contributed by atoms with Gasteiger partial charge in [0, 0.05) is 0 Å². The van der Waals surface area contributed by atoms with E-state index in [2.05, 4.69) is 0 Å². The van der Waals surface area contributed by atoms with Crippen molar-refractivity contribution in [2.24, 2.45) is 17.8 Å². The molecule has 0 amide bonds. The molecule has 1 rings (SSSR count). The zero-order valence-electron chi connectivity index (χ0n) is 8.19. The van der Waals surface area contributed by atoms with Crippen molar-refractivity contribution in [2.45, 2.75) is 45.7 Å². The standard InChI is InChI=1S/C10H17F3/c1-7(2)8-5-3-4-6-9(8)10(11,12)13/h7-9H,3-6H2,1-2H3/t8?,9-/m1/s1. The molecule has 78 valence electrons. The maximum Gasteiger partial charge on any atom is 0.392 e. The van der Waals surface area contributed by atoms with Gasteiger partial charge in [0.25, 0.3) is 0 Å². The third-order valence-corrected chi connectivity index (χ3v) is 3.10. The van der Waals surface area contributed by atoms with Gasteiger partial charge in [0.15, 0.2) is 0 Å². The highest BCUT2D eigenvalue weighted by molar-refractivity contribution is 4.82. The van der Waals surface area contributed by atoms with E-state index in [4.69, 9.17) is 0 Å². The molecule has 0 aliphatic heterocycles. The molecule has 3 heteroatoms. The van der Waals surface area contributed by atoms with Crippen LogP contribution >= 0.6 is 0 Å². The van der Waals surface area contributed by atoms with Gasteiger partial charge in [-0.1, -0.05) is 26.7 Å². The van der Waals surface area contributed by atoms with Gasteiger partial charge in [-0.3, -0.25) is 0 Å². The Labute approximate surface area is 77.5 Å². The number of alkyl halides is 3. The minimum Gasteiger partial charge on any atom is -0.171 e. The van der Waals surface area contributed by atoms with Crippen LogP contribution in [-0.2, 0) is 0 Å². The zero-order chi connectivity index (χ0) is 10.1. The first kappa shape index (κ1) is 10.9. The van der Waals surface area contributed by atoms with Crippen LogP contribution in [0.2, 0.25) is 0 Å². The lowest BCUT2D eigenvalue weighted by molar-refractivity contribution is -0.200. The number of hydrogen-bond acceptors (Lipinski definition) is 0. The highest BCUT2D eigenvalue weighted by Crippen LogP contribution is 2.44. The van der Waals surface area contributed by atoms with E-state index in [0.717, 1.165) is 19.3 Å². The maximum atomic E-state index is 12.6. The predicted molar refractivity (Wildman–Crippen MR) is 46.3 cm³/mol. The molecule has 0 saturated heterocycles. The third-order valence-electron chi connectivity index (χ3n) is 3.10. The lowest BCUT2D eigenvalue weighted by Crippen LogP contribution is -2.35. The Balaban J connectivity index is 2.67. The molecule has 0 bridgehead atoms. The normalized spacial score (nSPS) is 30.9. The van der Waals surface area contributed by atoms with E-state index in [1.165, 1.54) is 0 Å². The summed E-state index contributed by atoms with van der Waals surface area (Å²) in [5.41, 5.74) is 0. The summed E-state index contributed by atoms with van der Waals surface area (Å²) in [7, 11) is 0. The summed E-state index contributed by atoms with van der Waals surface area (Å²) >= 11 is 0. The fraction of sp³-hybridized carbons (Fsp3) is 1.00. The highest BCUT2D eigenvalue weighted by Gasteiger charge is 2.45. The lowest BCUT2D eigenvalue weighted by Gasteiger charge is -2.35.